The van der Waals surface area contributed by atoms with Gasteiger partial charge >= 0.3 is 0 Å². The van der Waals surface area contributed by atoms with Crippen molar-refractivity contribution in [2.45, 2.75) is 19.3 Å². The number of carbonyl (C=O) groups is 2. The number of nitrogens with one attached hydrogen (secondary N) is 1. The van der Waals surface area contributed by atoms with Gasteiger partial charge in [0.2, 0.25) is 11.8 Å². The Morgan fingerprint density at radius 1 is 1.25 bits per heavy atom. The molecular formula is C15H15N3O2. The van der Waals surface area contributed by atoms with Gasteiger partial charge in [-0.2, -0.15) is 5.10 Å². The van der Waals surface area contributed by atoms with Gasteiger partial charge in [0.05, 0.1) is 12.1 Å². The highest BCUT2D eigenvalue weighted by molar-refractivity contribution is 6.08. The normalized spacial score (nSPS) is 27.4. The highest BCUT2D eigenvalue weighted by atomic mass is 16.2. The fourth-order valence-corrected chi connectivity index (χ4v) is 3.31. The summed E-state index contributed by atoms with van der Waals surface area (Å²) < 4.78 is 0. The Morgan fingerprint density at radius 2 is 2.05 bits per heavy atom. The molecule has 1 saturated carbocycles. The first-order valence-corrected chi connectivity index (χ1v) is 6.92. The number of hydrogen-bond acceptors (Lipinski definition) is 3. The Morgan fingerprint density at radius 3 is 2.80 bits per heavy atom. The molecule has 2 atom stereocenters. The summed E-state index contributed by atoms with van der Waals surface area (Å²) in [4.78, 5) is 23.4. The number of fused-ring (bicyclic) bond motifs is 2. The topological polar surface area (TPSA) is 61.8 Å². The molecule has 1 fully saturated rings. The van der Waals surface area contributed by atoms with Gasteiger partial charge in [0.15, 0.2) is 0 Å². The summed E-state index contributed by atoms with van der Waals surface area (Å²) in [6, 6.07) is 5.95. The van der Waals surface area contributed by atoms with Gasteiger partial charge in [-0.1, -0.05) is 6.07 Å². The highest BCUT2D eigenvalue weighted by Gasteiger charge is 2.44. The van der Waals surface area contributed by atoms with E-state index in [0.29, 0.717) is 6.42 Å². The van der Waals surface area contributed by atoms with Crippen LogP contribution in [0.3, 0.4) is 0 Å². The van der Waals surface area contributed by atoms with Crippen molar-refractivity contribution in [3.05, 3.63) is 29.3 Å². The number of carbonyl (C=O) groups excluding carboxylic acids is 2. The first kappa shape index (κ1) is 11.6. The first-order chi connectivity index (χ1) is 9.63. The molecule has 1 aromatic rings. The van der Waals surface area contributed by atoms with Crippen LogP contribution in [0, 0.1) is 11.8 Å². The van der Waals surface area contributed by atoms with E-state index in [-0.39, 0.29) is 23.7 Å². The molecule has 4 rings (SSSR count). The summed E-state index contributed by atoms with van der Waals surface area (Å²) in [5.74, 6) is 0.516. The zero-order valence-corrected chi connectivity index (χ0v) is 11.2. The number of rotatable bonds is 1. The smallest absolute Gasteiger partial charge is 0.246 e. The van der Waals surface area contributed by atoms with E-state index in [4.69, 9.17) is 0 Å². The van der Waals surface area contributed by atoms with E-state index in [1.165, 1.54) is 5.01 Å². The maximum Gasteiger partial charge on any atom is 0.246 e. The van der Waals surface area contributed by atoms with Crippen LogP contribution in [0.25, 0.3) is 0 Å². The zero-order chi connectivity index (χ0) is 13.9. The van der Waals surface area contributed by atoms with Gasteiger partial charge in [-0.25, -0.2) is 5.01 Å². The van der Waals surface area contributed by atoms with E-state index in [1.807, 2.05) is 18.2 Å². The second kappa shape index (κ2) is 3.91. The number of nitrogens with zero attached hydrogens (tertiary/aromatic N) is 2. The van der Waals surface area contributed by atoms with Crippen LogP contribution in [-0.2, 0) is 16.0 Å². The summed E-state index contributed by atoms with van der Waals surface area (Å²) in [6.45, 7) is 0. The predicted octanol–water partition coefficient (Wildman–Crippen LogP) is 1.38. The zero-order valence-electron chi connectivity index (χ0n) is 11.2. The van der Waals surface area contributed by atoms with Crippen LogP contribution in [0.4, 0.5) is 5.69 Å². The second-order valence-electron chi connectivity index (χ2n) is 5.73. The number of amides is 2. The summed E-state index contributed by atoms with van der Waals surface area (Å²) in [7, 11) is 1.72. The lowest BCUT2D eigenvalue weighted by Crippen LogP contribution is -2.48. The van der Waals surface area contributed by atoms with Crippen LogP contribution in [0.15, 0.2) is 23.3 Å². The molecule has 0 bridgehead atoms. The quantitative estimate of drug-likeness (QED) is 0.837. The van der Waals surface area contributed by atoms with Crippen molar-refractivity contribution in [3.63, 3.8) is 0 Å². The molecule has 102 valence electrons. The Bertz CT molecular complexity index is 665. The third-order valence-electron chi connectivity index (χ3n) is 4.55. The van der Waals surface area contributed by atoms with Crippen molar-refractivity contribution in [1.82, 2.24) is 5.01 Å². The number of hydrogen-bond donors (Lipinski definition) is 1. The maximum atomic E-state index is 12.0. The van der Waals surface area contributed by atoms with Crippen molar-refractivity contribution >= 4 is 23.2 Å². The van der Waals surface area contributed by atoms with Gasteiger partial charge in [0.1, 0.15) is 0 Å². The Balaban J connectivity index is 1.75. The monoisotopic (exact) mass is 269 g/mol. The summed E-state index contributed by atoms with van der Waals surface area (Å²) in [5.41, 5.74) is 3.94. The molecule has 1 aromatic carbocycles. The van der Waals surface area contributed by atoms with E-state index in [2.05, 4.69) is 10.4 Å². The summed E-state index contributed by atoms with van der Waals surface area (Å²) in [5, 5.41) is 8.75. The summed E-state index contributed by atoms with van der Waals surface area (Å²) in [6.07, 6.45) is 2.41. The van der Waals surface area contributed by atoms with Crippen LogP contribution in [0.1, 0.15) is 24.0 Å². The lowest BCUT2D eigenvalue weighted by Gasteiger charge is -2.41. The number of benzene rings is 1. The van der Waals surface area contributed by atoms with Gasteiger partial charge in [0, 0.05) is 24.6 Å². The van der Waals surface area contributed by atoms with E-state index >= 15 is 0 Å². The van der Waals surface area contributed by atoms with Crippen molar-refractivity contribution in [2.24, 2.45) is 16.9 Å². The molecule has 0 radical (unpaired) electrons. The number of hydrazone groups is 1. The average Bonchev–Trinajstić information content (AvgIpc) is 2.73. The molecule has 5 heteroatoms. The van der Waals surface area contributed by atoms with E-state index in [0.717, 1.165) is 35.4 Å². The minimum Gasteiger partial charge on any atom is -0.326 e. The Hall–Kier alpha value is -2.17. The molecular weight excluding hydrogens is 254 g/mol. The lowest BCUT2D eigenvalue weighted by atomic mass is 9.68. The van der Waals surface area contributed by atoms with Crippen molar-refractivity contribution in [3.8, 4) is 0 Å². The Kier molecular flexibility index (Phi) is 2.28. The van der Waals surface area contributed by atoms with Gasteiger partial charge in [-0.3, -0.25) is 9.59 Å². The molecule has 20 heavy (non-hydrogen) atoms. The summed E-state index contributed by atoms with van der Waals surface area (Å²) >= 11 is 0. The van der Waals surface area contributed by atoms with Crippen LogP contribution >= 0.6 is 0 Å². The second-order valence-corrected chi connectivity index (χ2v) is 5.73. The minimum atomic E-state index is 0.0385. The largest absolute Gasteiger partial charge is 0.326 e. The van der Waals surface area contributed by atoms with Crippen LogP contribution in [-0.4, -0.2) is 29.6 Å². The molecule has 2 aliphatic heterocycles. The molecule has 0 saturated heterocycles. The fourth-order valence-electron chi connectivity index (χ4n) is 3.31. The SMILES string of the molecule is CN1N=C(c2ccc3c(c2)CC(=O)N3)C2CCC2C1=O. The van der Waals surface area contributed by atoms with Gasteiger partial charge in [0.25, 0.3) is 0 Å². The molecule has 2 amide bonds. The van der Waals surface area contributed by atoms with E-state index in [9.17, 15) is 9.59 Å². The van der Waals surface area contributed by atoms with Gasteiger partial charge < -0.3 is 5.32 Å². The van der Waals surface area contributed by atoms with Crippen LogP contribution in [0.5, 0.6) is 0 Å². The molecule has 0 spiro atoms. The fraction of sp³-hybridized carbons (Fsp3) is 0.400. The maximum absolute atomic E-state index is 12.0. The highest BCUT2D eigenvalue weighted by Crippen LogP contribution is 2.41. The molecule has 1 aliphatic carbocycles. The van der Waals surface area contributed by atoms with Crippen molar-refractivity contribution < 1.29 is 9.59 Å². The first-order valence-electron chi connectivity index (χ1n) is 6.92. The molecule has 3 aliphatic rings. The van der Waals surface area contributed by atoms with E-state index < -0.39 is 0 Å². The van der Waals surface area contributed by atoms with E-state index in [1.54, 1.807) is 7.05 Å². The van der Waals surface area contributed by atoms with Crippen molar-refractivity contribution in [2.75, 3.05) is 12.4 Å². The third-order valence-corrected chi connectivity index (χ3v) is 4.55. The number of anilines is 1. The molecule has 2 heterocycles. The van der Waals surface area contributed by atoms with Gasteiger partial charge in [-0.05, 0) is 36.1 Å². The Labute approximate surface area is 116 Å². The lowest BCUT2D eigenvalue weighted by molar-refractivity contribution is -0.139. The predicted molar refractivity (Wildman–Crippen MR) is 74.3 cm³/mol. The third kappa shape index (κ3) is 1.52. The minimum absolute atomic E-state index is 0.0385. The standard InChI is InChI=1S/C15H15N3O2/c1-18-15(20)11-4-3-10(11)14(17-18)8-2-5-12-9(6-8)7-13(19)16-12/h2,5-6,10-11H,3-4,7H2,1H3,(H,16,19). The molecule has 5 nitrogen and oxygen atoms in total. The van der Waals surface area contributed by atoms with Gasteiger partial charge in [-0.15, -0.1) is 0 Å². The van der Waals surface area contributed by atoms with Crippen LogP contribution < -0.4 is 5.32 Å². The molecule has 1 N–H and O–H groups in total. The molecule has 0 aromatic heterocycles. The van der Waals surface area contributed by atoms with Crippen molar-refractivity contribution in [1.29, 1.82) is 0 Å². The van der Waals surface area contributed by atoms with Crippen LogP contribution in [0.2, 0.25) is 0 Å². The average molecular weight is 269 g/mol. The molecule has 2 unspecified atom stereocenters.